The largest absolute Gasteiger partial charge is 0.367 e. The van der Waals surface area contributed by atoms with E-state index in [1.165, 1.54) is 6.07 Å². The Balaban J connectivity index is 2.08. The number of hydrogen-bond donors (Lipinski definition) is 1. The van der Waals surface area contributed by atoms with Gasteiger partial charge in [-0.1, -0.05) is 6.07 Å². The molecular weight excluding hydrogens is 330 g/mol. The molecular formula is C12H14BrN3O4. The van der Waals surface area contributed by atoms with E-state index in [1.54, 1.807) is 6.07 Å². The summed E-state index contributed by atoms with van der Waals surface area (Å²) in [7, 11) is 0. The van der Waals surface area contributed by atoms with Crippen molar-refractivity contribution in [3.63, 3.8) is 0 Å². The number of morpholine rings is 1. The molecule has 0 spiro atoms. The molecule has 1 amide bonds. The maximum Gasteiger partial charge on any atom is 0.283 e. The van der Waals surface area contributed by atoms with Gasteiger partial charge < -0.3 is 10.5 Å². The summed E-state index contributed by atoms with van der Waals surface area (Å²) in [6, 6.07) is 4.99. The van der Waals surface area contributed by atoms with Crippen LogP contribution in [0, 0.1) is 10.1 Å². The molecule has 0 saturated carbocycles. The van der Waals surface area contributed by atoms with Gasteiger partial charge in [-0.2, -0.15) is 0 Å². The summed E-state index contributed by atoms with van der Waals surface area (Å²) < 4.78 is 5.70. The Bertz CT molecular complexity index is 537. The third kappa shape index (κ3) is 3.53. The zero-order chi connectivity index (χ0) is 14.7. The first-order valence-corrected chi connectivity index (χ1v) is 6.83. The molecule has 108 valence electrons. The summed E-state index contributed by atoms with van der Waals surface area (Å²) in [5.41, 5.74) is 6.06. The second-order valence-corrected chi connectivity index (χ2v) is 5.39. The van der Waals surface area contributed by atoms with Crippen molar-refractivity contribution in [1.29, 1.82) is 0 Å². The van der Waals surface area contributed by atoms with Crippen molar-refractivity contribution >= 4 is 27.5 Å². The van der Waals surface area contributed by atoms with Crippen molar-refractivity contribution in [2.24, 2.45) is 5.73 Å². The second-order valence-electron chi connectivity index (χ2n) is 4.54. The molecule has 1 atom stereocenters. The average molecular weight is 344 g/mol. The van der Waals surface area contributed by atoms with Gasteiger partial charge >= 0.3 is 0 Å². The van der Waals surface area contributed by atoms with Gasteiger partial charge in [0.15, 0.2) is 0 Å². The zero-order valence-electron chi connectivity index (χ0n) is 10.6. The van der Waals surface area contributed by atoms with Crippen molar-refractivity contribution in [2.45, 2.75) is 12.6 Å². The number of nitro groups is 1. The van der Waals surface area contributed by atoms with Crippen molar-refractivity contribution in [3.8, 4) is 0 Å². The highest BCUT2D eigenvalue weighted by atomic mass is 79.9. The third-order valence-electron chi connectivity index (χ3n) is 3.08. The summed E-state index contributed by atoms with van der Waals surface area (Å²) in [5, 5.41) is 10.9. The molecule has 0 radical (unpaired) electrons. The standard InChI is InChI=1S/C12H14BrN3O4/c13-9-2-1-8(5-10(9)16(18)19)6-15-3-4-20-11(7-15)12(14)17/h1-2,5,11H,3-4,6-7H2,(H2,14,17). The van der Waals surface area contributed by atoms with Crippen molar-refractivity contribution in [1.82, 2.24) is 4.90 Å². The van der Waals surface area contributed by atoms with Crippen LogP contribution in [0.25, 0.3) is 0 Å². The Hall–Kier alpha value is -1.51. The minimum absolute atomic E-state index is 0.0298. The summed E-state index contributed by atoms with van der Waals surface area (Å²) in [4.78, 5) is 23.6. The topological polar surface area (TPSA) is 98.7 Å². The molecule has 1 aromatic carbocycles. The van der Waals surface area contributed by atoms with Gasteiger partial charge in [0.25, 0.3) is 5.69 Å². The van der Waals surface area contributed by atoms with E-state index in [4.69, 9.17) is 10.5 Å². The van der Waals surface area contributed by atoms with Crippen LogP contribution in [-0.4, -0.2) is 41.5 Å². The van der Waals surface area contributed by atoms with Crippen LogP contribution >= 0.6 is 15.9 Å². The molecule has 1 aromatic rings. The Morgan fingerprint density at radius 2 is 2.35 bits per heavy atom. The molecule has 2 N–H and O–H groups in total. The first kappa shape index (κ1) is 14.9. The van der Waals surface area contributed by atoms with Gasteiger partial charge in [0.05, 0.1) is 16.0 Å². The highest BCUT2D eigenvalue weighted by molar-refractivity contribution is 9.10. The quantitative estimate of drug-likeness (QED) is 0.650. The molecule has 1 heterocycles. The molecule has 0 aliphatic carbocycles. The number of benzene rings is 1. The molecule has 1 saturated heterocycles. The number of hydrogen-bond acceptors (Lipinski definition) is 5. The fourth-order valence-electron chi connectivity index (χ4n) is 2.07. The van der Waals surface area contributed by atoms with Crippen molar-refractivity contribution in [2.75, 3.05) is 19.7 Å². The van der Waals surface area contributed by atoms with E-state index in [0.29, 0.717) is 30.7 Å². The predicted octanol–water partition coefficient (Wildman–Crippen LogP) is 1.04. The van der Waals surface area contributed by atoms with Gasteiger partial charge in [-0.25, -0.2) is 0 Å². The van der Waals surface area contributed by atoms with Crippen LogP contribution in [0.1, 0.15) is 5.56 Å². The number of carbonyl (C=O) groups excluding carboxylic acids is 1. The highest BCUT2D eigenvalue weighted by Crippen LogP contribution is 2.26. The fraction of sp³-hybridized carbons (Fsp3) is 0.417. The molecule has 1 fully saturated rings. The van der Waals surface area contributed by atoms with Gasteiger partial charge in [-0.3, -0.25) is 19.8 Å². The van der Waals surface area contributed by atoms with Gasteiger partial charge in [0.1, 0.15) is 6.10 Å². The maximum absolute atomic E-state index is 11.1. The Kier molecular flexibility index (Phi) is 4.69. The number of ether oxygens (including phenoxy) is 1. The number of primary amides is 1. The lowest BCUT2D eigenvalue weighted by Crippen LogP contribution is -2.47. The lowest BCUT2D eigenvalue weighted by molar-refractivity contribution is -0.385. The SMILES string of the molecule is NC(=O)C1CN(Cc2ccc(Br)c([N+](=O)[O-])c2)CCO1. The first-order valence-electron chi connectivity index (χ1n) is 6.03. The maximum atomic E-state index is 11.1. The van der Waals surface area contributed by atoms with Crippen molar-refractivity contribution in [3.05, 3.63) is 38.3 Å². The average Bonchev–Trinajstić information content (AvgIpc) is 2.41. The summed E-state index contributed by atoms with van der Waals surface area (Å²) in [6.07, 6.45) is -0.616. The van der Waals surface area contributed by atoms with Crippen molar-refractivity contribution < 1.29 is 14.5 Å². The van der Waals surface area contributed by atoms with Crippen LogP contribution in [0.4, 0.5) is 5.69 Å². The van der Waals surface area contributed by atoms with E-state index < -0.39 is 16.9 Å². The number of nitrogens with two attached hydrogens (primary N) is 1. The Morgan fingerprint density at radius 1 is 1.60 bits per heavy atom. The number of halogens is 1. The number of amides is 1. The van der Waals surface area contributed by atoms with E-state index in [-0.39, 0.29) is 5.69 Å². The summed E-state index contributed by atoms with van der Waals surface area (Å²) in [5.74, 6) is -0.489. The zero-order valence-corrected chi connectivity index (χ0v) is 12.2. The van der Waals surface area contributed by atoms with Crippen LogP contribution in [0.2, 0.25) is 0 Å². The number of carbonyl (C=O) groups is 1. The van der Waals surface area contributed by atoms with Gasteiger partial charge in [-0.15, -0.1) is 0 Å². The third-order valence-corrected chi connectivity index (χ3v) is 3.75. The molecule has 7 nitrogen and oxygen atoms in total. The molecule has 0 aromatic heterocycles. The lowest BCUT2D eigenvalue weighted by atomic mass is 10.1. The normalized spacial score (nSPS) is 19.8. The number of rotatable bonds is 4. The second kappa shape index (κ2) is 6.29. The number of nitrogens with zero attached hydrogens (tertiary/aromatic N) is 2. The highest BCUT2D eigenvalue weighted by Gasteiger charge is 2.25. The first-order chi connectivity index (χ1) is 9.47. The van der Waals surface area contributed by atoms with E-state index in [2.05, 4.69) is 15.9 Å². The van der Waals surface area contributed by atoms with Crippen LogP contribution in [0.3, 0.4) is 0 Å². The van der Waals surface area contributed by atoms with Gasteiger partial charge in [0, 0.05) is 25.7 Å². The van der Waals surface area contributed by atoms with Crippen LogP contribution in [0.5, 0.6) is 0 Å². The van der Waals surface area contributed by atoms with E-state index >= 15 is 0 Å². The fourth-order valence-corrected chi connectivity index (χ4v) is 2.46. The Morgan fingerprint density at radius 3 is 3.00 bits per heavy atom. The molecule has 20 heavy (non-hydrogen) atoms. The molecule has 1 unspecified atom stereocenters. The van der Waals surface area contributed by atoms with E-state index in [9.17, 15) is 14.9 Å². The predicted molar refractivity (Wildman–Crippen MR) is 75.0 cm³/mol. The minimum atomic E-state index is -0.616. The van der Waals surface area contributed by atoms with Gasteiger partial charge in [0.2, 0.25) is 5.91 Å². The van der Waals surface area contributed by atoms with E-state index in [0.717, 1.165) is 5.56 Å². The monoisotopic (exact) mass is 343 g/mol. The summed E-state index contributed by atoms with van der Waals surface area (Å²) in [6.45, 7) is 2.00. The van der Waals surface area contributed by atoms with Crippen LogP contribution in [-0.2, 0) is 16.1 Å². The number of nitro benzene ring substituents is 1. The molecule has 0 bridgehead atoms. The smallest absolute Gasteiger partial charge is 0.283 e. The molecule has 1 aliphatic heterocycles. The lowest BCUT2D eigenvalue weighted by Gasteiger charge is -2.31. The summed E-state index contributed by atoms with van der Waals surface area (Å²) >= 11 is 3.15. The van der Waals surface area contributed by atoms with Crippen LogP contribution in [0.15, 0.2) is 22.7 Å². The molecule has 8 heteroatoms. The molecule has 1 aliphatic rings. The van der Waals surface area contributed by atoms with Crippen LogP contribution < -0.4 is 5.73 Å². The Labute approximate surface area is 124 Å². The van der Waals surface area contributed by atoms with E-state index in [1.807, 2.05) is 11.0 Å². The molecule has 2 rings (SSSR count). The van der Waals surface area contributed by atoms with Gasteiger partial charge in [-0.05, 0) is 27.6 Å². The minimum Gasteiger partial charge on any atom is -0.367 e.